The zero-order valence-corrected chi connectivity index (χ0v) is 20.9. The van der Waals surface area contributed by atoms with Gasteiger partial charge in [-0.2, -0.15) is 0 Å². The van der Waals surface area contributed by atoms with Crippen molar-refractivity contribution in [3.05, 3.63) is 0 Å². The van der Waals surface area contributed by atoms with E-state index in [9.17, 15) is 0 Å². The zero-order chi connectivity index (χ0) is 14.7. The molecule has 0 unspecified atom stereocenters. The summed E-state index contributed by atoms with van der Waals surface area (Å²) in [7, 11) is 0. The molecule has 0 N–H and O–H groups in total. The molecule has 0 amide bonds. The first-order chi connectivity index (χ1) is 8.24. The van der Waals surface area contributed by atoms with Gasteiger partial charge in [-0.1, -0.05) is 23.6 Å². The summed E-state index contributed by atoms with van der Waals surface area (Å²) < 4.78 is 20.0. The van der Waals surface area contributed by atoms with Crippen LogP contribution in [-0.2, 0) is 114 Å². The third kappa shape index (κ3) is 28.3. The predicted molar refractivity (Wildman–Crippen MR) is 105 cm³/mol. The van der Waals surface area contributed by atoms with Crippen LogP contribution in [0.1, 0.15) is 27.7 Å². The van der Waals surface area contributed by atoms with E-state index in [1.54, 1.807) is 0 Å². The van der Waals surface area contributed by atoms with Crippen LogP contribution >= 0.6 is 11.4 Å². The molecule has 0 saturated heterocycles. The van der Waals surface area contributed by atoms with E-state index in [4.69, 9.17) is 66.2 Å². The van der Waals surface area contributed by atoms with Crippen molar-refractivity contribution in [2.24, 2.45) is 0 Å². The van der Waals surface area contributed by atoms with Crippen molar-refractivity contribution in [3.63, 3.8) is 0 Å². The molecule has 0 spiro atoms. The number of hydrogen-bond acceptors (Lipinski definition) is 8. The third-order valence-electron chi connectivity index (χ3n) is 1.15. The van der Waals surface area contributed by atoms with Crippen LogP contribution in [0.25, 0.3) is 0 Å². The van der Waals surface area contributed by atoms with Crippen molar-refractivity contribution in [2.45, 2.75) is 27.7 Å². The molecule has 0 radical (unpaired) electrons. The van der Waals surface area contributed by atoms with E-state index >= 15 is 0 Å². The molecule has 0 heterocycles. The summed E-state index contributed by atoms with van der Waals surface area (Å²) in [6.45, 7) is 9.58. The second-order valence-corrected chi connectivity index (χ2v) is 12.5. The summed E-state index contributed by atoms with van der Waals surface area (Å²) in [6, 6.07) is 0. The Kier molecular flexibility index (Phi) is 35.8. The van der Waals surface area contributed by atoms with Crippen LogP contribution in [-0.4, -0.2) is 26.4 Å². The van der Waals surface area contributed by atoms with Gasteiger partial charge in [0.2, 0.25) is 0 Å². The minimum Gasteiger partial charge on any atom is -2.00 e. The molecule has 21 heavy (non-hydrogen) atoms. The molecule has 0 rings (SSSR count). The van der Waals surface area contributed by atoms with Crippen LogP contribution in [0.3, 0.4) is 0 Å². The molecule has 0 aliphatic heterocycles. The maximum absolute atomic E-state index is 4.99. The van der Waals surface area contributed by atoms with E-state index in [0.29, 0.717) is 26.4 Å². The van der Waals surface area contributed by atoms with Gasteiger partial charge in [0.1, 0.15) is 0 Å². The second-order valence-electron chi connectivity index (χ2n) is 2.57. The fraction of sp³-hybridized carbons (Fsp3) is 1.00. The van der Waals surface area contributed by atoms with Gasteiger partial charge in [-0.15, -0.1) is 0 Å². The van der Waals surface area contributed by atoms with E-state index in [1.165, 1.54) is 0 Å². The Morgan fingerprint density at radius 1 is 0.667 bits per heavy atom. The fourth-order valence-corrected chi connectivity index (χ4v) is 4.65. The zero-order valence-electron chi connectivity index (χ0n) is 12.2. The van der Waals surface area contributed by atoms with Gasteiger partial charge in [-0.25, -0.2) is 0 Å². The maximum Gasteiger partial charge on any atom is 6.00 e. The average Bonchev–Trinajstić information content (AvgIpc) is 2.17. The van der Waals surface area contributed by atoms with Crippen molar-refractivity contribution in [2.75, 3.05) is 26.4 Å². The van der Waals surface area contributed by atoms with E-state index in [1.807, 2.05) is 27.7 Å². The van der Waals surface area contributed by atoms with Gasteiger partial charge in [0.25, 0.3) is 0 Å². The van der Waals surface area contributed by atoms with Gasteiger partial charge in [0.05, 0.1) is 11.4 Å². The fourth-order valence-electron chi connectivity index (χ4n) is 0.707. The maximum atomic E-state index is 4.99. The minimum absolute atomic E-state index is 0. The Morgan fingerprint density at radius 2 is 0.810 bits per heavy atom. The summed E-state index contributed by atoms with van der Waals surface area (Å²) >= 11 is 19.3. The molecule has 0 aliphatic rings. The summed E-state index contributed by atoms with van der Waals surface area (Å²) in [5, 5.41) is 0. The van der Waals surface area contributed by atoms with Crippen molar-refractivity contribution < 1.29 is 39.2 Å². The van der Waals surface area contributed by atoms with Crippen LogP contribution < -0.4 is 0 Å². The first-order valence-electron chi connectivity index (χ1n) is 5.44. The largest absolute Gasteiger partial charge is 6.00 e. The van der Waals surface area contributed by atoms with E-state index < -0.39 is 11.4 Å². The van der Waals surface area contributed by atoms with Crippen LogP contribution in [0.4, 0.5) is 0 Å². The quantitative estimate of drug-likeness (QED) is 0.268. The standard InChI is InChI=1S/2C4H11O2PS2.Mo.2S/c2*1-3-5-7(8,9)6-4-2;;;/h2*3-4H2,1-2H3,(H,8,9);;;/q;;+6;2*-2/p-2. The minimum atomic E-state index is -2.28. The van der Waals surface area contributed by atoms with Crippen LogP contribution in [0.15, 0.2) is 0 Å². The summed E-state index contributed by atoms with van der Waals surface area (Å²) in [6.07, 6.45) is 0. The Bertz CT molecular complexity index is 252. The SMILES string of the molecule is CCOP(=S)([S-])OCC.CCOP(=S)([S-])OCC.[Mo+6].[S-2].[S-2]. The predicted octanol–water partition coefficient (Wildman–Crippen LogP) is 3.65. The van der Waals surface area contributed by atoms with Gasteiger partial charge < -0.3 is 69.6 Å². The molecule has 13 heteroatoms. The molecule has 0 saturated carbocycles. The molecule has 0 bridgehead atoms. The molecule has 0 aliphatic carbocycles. The molecule has 4 nitrogen and oxygen atoms in total. The molecule has 0 aromatic carbocycles. The van der Waals surface area contributed by atoms with Crippen molar-refractivity contribution in [3.8, 4) is 0 Å². The van der Waals surface area contributed by atoms with Gasteiger partial charge >= 0.3 is 21.1 Å². The molecule has 0 atom stereocenters. The normalized spacial score (nSPS) is 10.2. The van der Waals surface area contributed by atoms with Gasteiger partial charge in [-0.05, 0) is 27.7 Å². The molecule has 128 valence electrons. The van der Waals surface area contributed by atoms with E-state index in [0.717, 1.165) is 0 Å². The first kappa shape index (κ1) is 35.4. The number of hydrogen-bond donors (Lipinski definition) is 0. The summed E-state index contributed by atoms with van der Waals surface area (Å²) in [4.78, 5) is 0. The van der Waals surface area contributed by atoms with Crippen LogP contribution in [0.2, 0.25) is 0 Å². The molecule has 0 fully saturated rings. The van der Waals surface area contributed by atoms with E-state index in [2.05, 4.69) is 0 Å². The van der Waals surface area contributed by atoms with Crippen molar-refractivity contribution >= 4 is 86.5 Å². The van der Waals surface area contributed by atoms with Gasteiger partial charge in [0.15, 0.2) is 0 Å². The molecule has 0 aromatic rings. The monoisotopic (exact) mass is 532 g/mol. The second kappa shape index (κ2) is 21.3. The summed E-state index contributed by atoms with van der Waals surface area (Å²) in [5.41, 5.74) is -4.55. The third-order valence-corrected chi connectivity index (χ3v) is 5.98. The Hall–Kier alpha value is 3.23. The molecule has 0 aromatic heterocycles. The molecular weight excluding hydrogens is 510 g/mol. The summed E-state index contributed by atoms with van der Waals surface area (Å²) in [5.74, 6) is 0. The smallest absolute Gasteiger partial charge is 2.00 e. The average molecular weight is 531 g/mol. The molecular formula is C8H20MoO4P2S6. The Morgan fingerprint density at radius 3 is 0.905 bits per heavy atom. The van der Waals surface area contributed by atoms with Crippen LogP contribution in [0.5, 0.6) is 0 Å². The topological polar surface area (TPSA) is 36.9 Å². The number of rotatable bonds is 8. The van der Waals surface area contributed by atoms with Gasteiger partial charge in [0, 0.05) is 26.4 Å². The van der Waals surface area contributed by atoms with Crippen LogP contribution in [0, 0.1) is 0 Å². The van der Waals surface area contributed by atoms with Crippen molar-refractivity contribution in [1.82, 2.24) is 0 Å². The van der Waals surface area contributed by atoms with E-state index in [-0.39, 0.29) is 48.1 Å². The van der Waals surface area contributed by atoms with Gasteiger partial charge in [-0.3, -0.25) is 0 Å². The first-order valence-corrected chi connectivity index (χ1v) is 12.7. The Labute approximate surface area is 178 Å². The Balaban J connectivity index is -0.0000000711. The van der Waals surface area contributed by atoms with Crippen molar-refractivity contribution in [1.29, 1.82) is 0 Å².